The van der Waals surface area contributed by atoms with E-state index in [0.29, 0.717) is 33.2 Å². The summed E-state index contributed by atoms with van der Waals surface area (Å²) in [6.07, 6.45) is 1.53. The number of aromatic nitrogens is 4. The summed E-state index contributed by atoms with van der Waals surface area (Å²) in [6.45, 7) is -0.772. The number of ether oxygens (including phenoxy) is 3. The van der Waals surface area contributed by atoms with Crippen LogP contribution in [-0.4, -0.2) is 72.5 Å². The van der Waals surface area contributed by atoms with Gasteiger partial charge in [0.05, 0.1) is 23.5 Å². The zero-order valence-corrected chi connectivity index (χ0v) is 24.7. The van der Waals surface area contributed by atoms with Crippen LogP contribution in [-0.2, 0) is 43.3 Å². The Morgan fingerprint density at radius 1 is 1.19 bits per heavy atom. The van der Waals surface area contributed by atoms with Crippen LogP contribution in [0.5, 0.6) is 11.5 Å². The highest BCUT2D eigenvalue weighted by Crippen LogP contribution is 2.28. The average Bonchev–Trinajstić information content (AvgIpc) is 3.61. The van der Waals surface area contributed by atoms with Crippen LogP contribution in [0, 0.1) is 0 Å². The molecule has 13 nitrogen and oxygen atoms in total. The summed E-state index contributed by atoms with van der Waals surface area (Å²) in [5, 5.41) is 15.7. The Hall–Kier alpha value is -3.80. The molecule has 0 aliphatic rings. The highest BCUT2D eigenvalue weighted by Gasteiger charge is 2.22. The fraction of sp³-hybridized carbons (Fsp3) is 0.320. The number of esters is 1. The van der Waals surface area contributed by atoms with E-state index in [0.717, 1.165) is 16.9 Å². The van der Waals surface area contributed by atoms with Crippen molar-refractivity contribution in [2.45, 2.75) is 29.3 Å². The molecule has 0 saturated carbocycles. The molecule has 17 heteroatoms. The second kappa shape index (κ2) is 14.4. The number of carbonyl (C=O) groups excluding carboxylic acids is 2. The molecule has 4 rings (SSSR count). The molecule has 2 aromatic heterocycles. The number of sulfonamides is 1. The minimum absolute atomic E-state index is 0.0248. The van der Waals surface area contributed by atoms with E-state index in [-0.39, 0.29) is 29.9 Å². The van der Waals surface area contributed by atoms with Crippen LogP contribution in [0.3, 0.4) is 0 Å². The standard InChI is InChI=1S/C25H27FN6O7S3/c1-37-24(34)21(15-40-14-16-3-2-4-18(9-16)38-8-7-26)28-23(33)12-32-11-17(30-31-32)13-39-19-5-6-22-20(10-19)29-25(41-22)42(27,35)36/h2-6,9-11,21H,7-8,12-15H2,1H3,(H,28,33)(H2,27,35,36). The van der Waals surface area contributed by atoms with Gasteiger partial charge in [-0.2, -0.15) is 11.8 Å². The van der Waals surface area contributed by atoms with Crippen LogP contribution in [0.15, 0.2) is 53.0 Å². The first kappa shape index (κ1) is 31.1. The third-order valence-corrected chi connectivity index (χ3v) is 8.94. The molecule has 0 bridgehead atoms. The number of thioether (sulfide) groups is 1. The number of nitrogens with one attached hydrogen (secondary N) is 1. The minimum Gasteiger partial charge on any atom is -0.491 e. The van der Waals surface area contributed by atoms with Gasteiger partial charge in [-0.1, -0.05) is 17.3 Å². The van der Waals surface area contributed by atoms with Gasteiger partial charge in [0.25, 0.3) is 10.0 Å². The van der Waals surface area contributed by atoms with Crippen molar-refractivity contribution in [3.63, 3.8) is 0 Å². The molecule has 0 aliphatic heterocycles. The average molecular weight is 639 g/mol. The van der Waals surface area contributed by atoms with Gasteiger partial charge in [-0.25, -0.2) is 32.4 Å². The van der Waals surface area contributed by atoms with Crippen LogP contribution >= 0.6 is 23.1 Å². The normalized spacial score (nSPS) is 12.2. The maximum atomic E-state index is 12.7. The molecule has 4 aromatic rings. The maximum Gasteiger partial charge on any atom is 0.329 e. The third-order valence-electron chi connectivity index (χ3n) is 5.48. The Morgan fingerprint density at radius 2 is 2.00 bits per heavy atom. The van der Waals surface area contributed by atoms with E-state index in [9.17, 15) is 22.4 Å². The first-order valence-electron chi connectivity index (χ1n) is 12.3. The monoisotopic (exact) mass is 638 g/mol. The SMILES string of the molecule is COC(=O)C(CSCc1cccc(OCCF)c1)NC(=O)Cn1cc(COc2ccc3sc(S(N)(=O)=O)nc3c2)nn1. The molecule has 0 fully saturated rings. The molecule has 0 spiro atoms. The van der Waals surface area contributed by atoms with E-state index < -0.39 is 34.6 Å². The van der Waals surface area contributed by atoms with Crippen molar-refractivity contribution >= 4 is 55.2 Å². The van der Waals surface area contributed by atoms with Gasteiger partial charge in [0.15, 0.2) is 0 Å². The van der Waals surface area contributed by atoms with Gasteiger partial charge in [-0.15, -0.1) is 16.4 Å². The molecule has 3 N–H and O–H groups in total. The van der Waals surface area contributed by atoms with Gasteiger partial charge in [-0.3, -0.25) is 4.79 Å². The molecule has 42 heavy (non-hydrogen) atoms. The van der Waals surface area contributed by atoms with Crippen molar-refractivity contribution in [2.24, 2.45) is 5.14 Å². The molecular formula is C25H27FN6O7S3. The number of nitrogens with zero attached hydrogens (tertiary/aromatic N) is 4. The van der Waals surface area contributed by atoms with E-state index in [1.807, 2.05) is 6.07 Å². The van der Waals surface area contributed by atoms with Gasteiger partial charge in [0.1, 0.15) is 49.7 Å². The summed E-state index contributed by atoms with van der Waals surface area (Å²) in [5.41, 5.74) is 1.78. The van der Waals surface area contributed by atoms with Gasteiger partial charge in [0.2, 0.25) is 10.2 Å². The van der Waals surface area contributed by atoms with Gasteiger partial charge < -0.3 is 19.5 Å². The number of hydrogen-bond acceptors (Lipinski definition) is 12. The summed E-state index contributed by atoms with van der Waals surface area (Å²) >= 11 is 2.38. The lowest BCUT2D eigenvalue weighted by Gasteiger charge is -2.16. The predicted molar refractivity (Wildman–Crippen MR) is 153 cm³/mol. The summed E-state index contributed by atoms with van der Waals surface area (Å²) in [7, 11) is -2.66. The van der Waals surface area contributed by atoms with Crippen LogP contribution < -0.4 is 19.9 Å². The van der Waals surface area contributed by atoms with E-state index in [1.165, 1.54) is 29.8 Å². The predicted octanol–water partition coefficient (Wildman–Crippen LogP) is 2.05. The molecule has 224 valence electrons. The highest BCUT2D eigenvalue weighted by molar-refractivity contribution is 7.98. The molecule has 1 unspecified atom stereocenters. The van der Waals surface area contributed by atoms with Crippen LogP contribution in [0.25, 0.3) is 10.2 Å². The zero-order chi connectivity index (χ0) is 30.1. The van der Waals surface area contributed by atoms with Crippen molar-refractivity contribution in [1.29, 1.82) is 0 Å². The second-order valence-electron chi connectivity index (χ2n) is 8.69. The molecule has 2 aromatic carbocycles. The number of amides is 1. The summed E-state index contributed by atoms with van der Waals surface area (Å²) in [4.78, 5) is 29.0. The second-order valence-corrected chi connectivity index (χ2v) is 12.5. The summed E-state index contributed by atoms with van der Waals surface area (Å²) in [5.74, 6) is 0.720. The van der Waals surface area contributed by atoms with Crippen molar-refractivity contribution < 1.29 is 36.6 Å². The van der Waals surface area contributed by atoms with Crippen molar-refractivity contribution in [1.82, 2.24) is 25.3 Å². The molecule has 1 amide bonds. The Morgan fingerprint density at radius 3 is 2.76 bits per heavy atom. The van der Waals surface area contributed by atoms with Crippen LogP contribution in [0.2, 0.25) is 0 Å². The zero-order valence-electron chi connectivity index (χ0n) is 22.3. The van der Waals surface area contributed by atoms with E-state index in [2.05, 4.69) is 20.6 Å². The molecular weight excluding hydrogens is 612 g/mol. The van der Waals surface area contributed by atoms with E-state index in [1.54, 1.807) is 36.4 Å². The maximum absolute atomic E-state index is 12.7. The number of fused-ring (bicyclic) bond motifs is 1. The third kappa shape index (κ3) is 8.85. The lowest BCUT2D eigenvalue weighted by atomic mass is 10.2. The minimum atomic E-state index is -3.90. The van der Waals surface area contributed by atoms with Crippen molar-refractivity contribution in [3.8, 4) is 11.5 Å². The number of rotatable bonds is 15. The number of halogens is 1. The molecule has 0 saturated heterocycles. The molecule has 0 radical (unpaired) electrons. The number of nitrogens with two attached hydrogens (primary N) is 1. The van der Waals surface area contributed by atoms with Crippen LogP contribution in [0.4, 0.5) is 4.39 Å². The number of primary sulfonamides is 1. The lowest BCUT2D eigenvalue weighted by Crippen LogP contribution is -2.44. The Labute approximate surface area is 248 Å². The smallest absolute Gasteiger partial charge is 0.329 e. The first-order valence-corrected chi connectivity index (χ1v) is 15.8. The van der Waals surface area contributed by atoms with Gasteiger partial charge in [-0.05, 0) is 29.8 Å². The molecule has 2 heterocycles. The number of benzene rings is 2. The largest absolute Gasteiger partial charge is 0.491 e. The number of carbonyl (C=O) groups is 2. The molecule has 0 aliphatic carbocycles. The summed E-state index contributed by atoms with van der Waals surface area (Å²) in [6, 6.07) is 11.2. The number of thiazole rings is 1. The molecule has 1 atom stereocenters. The fourth-order valence-corrected chi connectivity index (χ4v) is 6.24. The van der Waals surface area contributed by atoms with E-state index in [4.69, 9.17) is 19.3 Å². The number of methoxy groups -OCH3 is 1. The van der Waals surface area contributed by atoms with Crippen molar-refractivity contribution in [2.75, 3.05) is 26.1 Å². The Balaban J connectivity index is 1.27. The lowest BCUT2D eigenvalue weighted by molar-refractivity contribution is -0.144. The Bertz CT molecular complexity index is 1650. The topological polar surface area (TPSA) is 178 Å². The quantitative estimate of drug-likeness (QED) is 0.182. The number of alkyl halides is 1. The van der Waals surface area contributed by atoms with Crippen LogP contribution in [0.1, 0.15) is 11.3 Å². The van der Waals surface area contributed by atoms with E-state index >= 15 is 0 Å². The number of hydrogen-bond donors (Lipinski definition) is 2. The Kier molecular flexibility index (Phi) is 10.7. The van der Waals surface area contributed by atoms with Gasteiger partial charge in [0, 0.05) is 17.6 Å². The van der Waals surface area contributed by atoms with Gasteiger partial charge >= 0.3 is 5.97 Å². The fourth-order valence-electron chi connectivity index (χ4n) is 3.61. The van der Waals surface area contributed by atoms with Crippen molar-refractivity contribution in [3.05, 3.63) is 59.9 Å². The summed E-state index contributed by atoms with van der Waals surface area (Å²) < 4.78 is 53.0. The first-order chi connectivity index (χ1) is 20.1. The highest BCUT2D eigenvalue weighted by atomic mass is 32.2.